The maximum Gasteiger partial charge on any atom is 0.330 e. The zero-order valence-corrected chi connectivity index (χ0v) is 29.1. The van der Waals surface area contributed by atoms with Gasteiger partial charge in [0.15, 0.2) is 6.29 Å². The van der Waals surface area contributed by atoms with Gasteiger partial charge in [-0.2, -0.15) is 0 Å². The van der Waals surface area contributed by atoms with Gasteiger partial charge in [0.25, 0.3) is 0 Å². The Hall–Kier alpha value is -3.43. The zero-order chi connectivity index (χ0) is 36.4. The van der Waals surface area contributed by atoms with Crippen molar-refractivity contribution in [2.75, 3.05) is 52.7 Å². The molecule has 4 N–H and O–H groups in total. The quantitative estimate of drug-likeness (QED) is 0.0373. The Morgan fingerprint density at radius 3 is 1.62 bits per heavy atom. The van der Waals surface area contributed by atoms with Gasteiger partial charge in [-0.25, -0.2) is 14.4 Å². The van der Waals surface area contributed by atoms with Crippen molar-refractivity contribution < 1.29 is 57.0 Å². The summed E-state index contributed by atoms with van der Waals surface area (Å²) >= 11 is 0. The normalized spacial score (nSPS) is 14.7. The second-order valence-corrected chi connectivity index (χ2v) is 11.7. The van der Waals surface area contributed by atoms with Crippen molar-refractivity contribution in [2.45, 2.75) is 90.6 Å². The van der Waals surface area contributed by atoms with Crippen LogP contribution in [0.25, 0.3) is 0 Å². The summed E-state index contributed by atoms with van der Waals surface area (Å²) in [4.78, 5) is 59.1. The monoisotopic (exact) mass is 689 g/mol. The lowest BCUT2D eigenvalue weighted by Crippen LogP contribution is -2.38. The third-order valence-corrected chi connectivity index (χ3v) is 7.33. The molecule has 0 saturated heterocycles. The molecule has 0 aliphatic heterocycles. The van der Waals surface area contributed by atoms with Crippen LogP contribution >= 0.6 is 0 Å². The number of Topliss-reactive ketones (excluding diaryl/α,β-unsaturated/α-hetero) is 1. The van der Waals surface area contributed by atoms with Gasteiger partial charge in [-0.15, -0.1) is 0 Å². The predicted octanol–water partition coefficient (Wildman–Crippen LogP) is 2.64. The highest BCUT2D eigenvalue weighted by Crippen LogP contribution is 2.30. The minimum Gasteiger partial charge on any atom is -0.465 e. The number of hydrogen-bond donors (Lipinski definition) is 4. The Balaban J connectivity index is -0.00000368. The summed E-state index contributed by atoms with van der Waals surface area (Å²) in [6, 6.07) is -0.484. The molecule has 14 heteroatoms. The fraction of sp³-hybridized carbons (Fsp3) is 0.676. The molecular weight excluding hydrogens is 626 g/mol. The highest BCUT2D eigenvalue weighted by molar-refractivity contribution is 5.82. The van der Waals surface area contributed by atoms with Gasteiger partial charge in [-0.1, -0.05) is 26.7 Å². The van der Waals surface area contributed by atoms with Crippen LogP contribution in [0.4, 0.5) is 0 Å². The summed E-state index contributed by atoms with van der Waals surface area (Å²) in [6.07, 6.45) is 3.77. The van der Waals surface area contributed by atoms with Crippen LogP contribution in [0.1, 0.15) is 70.5 Å². The van der Waals surface area contributed by atoms with Gasteiger partial charge in [0.1, 0.15) is 25.6 Å². The molecule has 5 unspecified atom stereocenters. The first kappa shape index (κ1) is 44.6. The van der Waals surface area contributed by atoms with E-state index in [0.29, 0.717) is 32.5 Å². The molecule has 5 atom stereocenters. The number of carbonyl (C=O) groups is 5. The van der Waals surface area contributed by atoms with Crippen molar-refractivity contribution in [3.8, 4) is 0 Å². The van der Waals surface area contributed by atoms with Gasteiger partial charge in [0.05, 0.1) is 19.6 Å². The number of rotatable bonds is 30. The van der Waals surface area contributed by atoms with Gasteiger partial charge >= 0.3 is 23.9 Å². The van der Waals surface area contributed by atoms with Gasteiger partial charge < -0.3 is 44.7 Å². The molecule has 0 aromatic carbocycles. The van der Waals surface area contributed by atoms with Gasteiger partial charge in [0.2, 0.25) is 0 Å². The molecule has 0 aliphatic rings. The number of aliphatic hydroxyl groups excluding tert-OH is 1. The summed E-state index contributed by atoms with van der Waals surface area (Å²) in [7, 11) is 0. The average Bonchev–Trinajstić information content (AvgIpc) is 3.08. The van der Waals surface area contributed by atoms with Crippen molar-refractivity contribution in [2.24, 2.45) is 5.41 Å². The van der Waals surface area contributed by atoms with Crippen molar-refractivity contribution in [1.29, 1.82) is 0 Å². The highest BCUT2D eigenvalue weighted by atomic mass is 16.6. The Kier molecular flexibility index (Phi) is 24.6. The largest absolute Gasteiger partial charge is 0.465 e. The lowest BCUT2D eigenvalue weighted by atomic mass is 9.81. The molecule has 0 saturated carbocycles. The van der Waals surface area contributed by atoms with Crippen molar-refractivity contribution in [3.63, 3.8) is 0 Å². The number of carbonyl (C=O) groups excluding carboxylic acids is 5. The Labute approximate surface area is 289 Å². The molecule has 0 fully saturated rings. The van der Waals surface area contributed by atoms with Crippen molar-refractivity contribution >= 4 is 29.7 Å². The van der Waals surface area contributed by atoms with E-state index in [1.54, 1.807) is 0 Å². The number of nitrogens with one attached hydrogen (secondary N) is 3. The van der Waals surface area contributed by atoms with E-state index in [1.807, 2.05) is 27.7 Å². The maximum atomic E-state index is 12.8. The van der Waals surface area contributed by atoms with Crippen molar-refractivity contribution in [1.82, 2.24) is 16.0 Å². The van der Waals surface area contributed by atoms with E-state index in [4.69, 9.17) is 23.7 Å². The first-order valence-electron chi connectivity index (χ1n) is 16.3. The molecule has 0 aromatic heterocycles. The minimum atomic E-state index is -1.13. The number of ether oxygens (including phenoxy) is 5. The van der Waals surface area contributed by atoms with E-state index in [2.05, 4.69) is 35.7 Å². The van der Waals surface area contributed by atoms with Crippen LogP contribution < -0.4 is 16.0 Å². The minimum absolute atomic E-state index is 0. The maximum absolute atomic E-state index is 12.8. The third-order valence-electron chi connectivity index (χ3n) is 7.33. The number of esters is 4. The molecular formula is C34H63N3O11. The van der Waals surface area contributed by atoms with Crippen LogP contribution in [0.5, 0.6) is 0 Å². The molecule has 0 aliphatic carbocycles. The Morgan fingerprint density at radius 1 is 0.708 bits per heavy atom. The number of hydrogen-bond acceptors (Lipinski definition) is 14. The molecule has 0 bridgehead atoms. The fourth-order valence-electron chi connectivity index (χ4n) is 4.07. The molecule has 0 heterocycles. The van der Waals surface area contributed by atoms with Gasteiger partial charge in [-0.05, 0) is 33.6 Å². The highest BCUT2D eigenvalue weighted by Gasteiger charge is 2.32. The first-order chi connectivity index (χ1) is 22.8. The Morgan fingerprint density at radius 2 is 1.17 bits per heavy atom. The van der Waals surface area contributed by atoms with E-state index in [9.17, 15) is 29.1 Å². The van der Waals surface area contributed by atoms with Crippen LogP contribution in [-0.2, 0) is 47.7 Å². The van der Waals surface area contributed by atoms with Crippen LogP contribution in [-0.4, -0.2) is 112 Å². The van der Waals surface area contributed by atoms with Crippen LogP contribution in [0.2, 0.25) is 0 Å². The first-order valence-corrected chi connectivity index (χ1v) is 16.3. The van der Waals surface area contributed by atoms with Crippen LogP contribution in [0.15, 0.2) is 38.0 Å². The third kappa shape index (κ3) is 23.0. The smallest absolute Gasteiger partial charge is 0.330 e. The Bertz CT molecular complexity index is 985. The molecule has 0 rings (SSSR count). The molecule has 48 heavy (non-hydrogen) atoms. The summed E-state index contributed by atoms with van der Waals surface area (Å²) < 4.78 is 26.4. The molecule has 0 spiro atoms. The summed E-state index contributed by atoms with van der Waals surface area (Å²) in [6.45, 7) is 19.0. The SMILES string of the molecule is C=CC(=O)OCC(C)NCCC(=O)CCC(CC)(COC(=O)CCNC(C)COC(=O)C=C)COC(O)CCNC(C)COC(=O)C=C.[HH].[HH].[HH]. The van der Waals surface area contributed by atoms with Gasteiger partial charge in [-0.3, -0.25) is 9.59 Å². The average molecular weight is 690 g/mol. The molecule has 0 radical (unpaired) electrons. The second kappa shape index (κ2) is 26.5. The fourth-order valence-corrected chi connectivity index (χ4v) is 4.07. The lowest BCUT2D eigenvalue weighted by Gasteiger charge is -2.33. The van der Waals surface area contributed by atoms with E-state index in [0.717, 1.165) is 18.2 Å². The number of aliphatic hydroxyl groups is 1. The zero-order valence-electron chi connectivity index (χ0n) is 29.1. The standard InChI is InChI=1S/C34H57N3O11.3H2/c1-8-29(39)44-20-25(5)35-17-13-28(38)12-16-34(11-4,23-47-32(42)14-18-36-26(6)21-45-30(40)9-2)24-48-33(43)15-19-37-27(7)22-46-31(41)10-3;;;/h8-10,25-27,32,35-37,42H,1-3,11-24H2,4-7H3;3*1H. The topological polar surface area (TPSA) is 188 Å². The van der Waals surface area contributed by atoms with E-state index >= 15 is 0 Å². The predicted molar refractivity (Wildman–Crippen MR) is 186 cm³/mol. The molecule has 14 nitrogen and oxygen atoms in total. The van der Waals surface area contributed by atoms with E-state index in [1.165, 1.54) is 0 Å². The lowest BCUT2D eigenvalue weighted by molar-refractivity contribution is -0.159. The molecule has 0 aromatic rings. The van der Waals surface area contributed by atoms with Gasteiger partial charge in [0, 0.05) is 84.9 Å². The summed E-state index contributed by atoms with van der Waals surface area (Å²) in [5, 5.41) is 19.9. The van der Waals surface area contributed by atoms with E-state index < -0.39 is 35.6 Å². The summed E-state index contributed by atoms with van der Waals surface area (Å²) in [5.74, 6) is -2.02. The molecule has 0 amide bonds. The van der Waals surface area contributed by atoms with E-state index in [-0.39, 0.29) is 86.9 Å². The number of ketones is 1. The van der Waals surface area contributed by atoms with Crippen LogP contribution in [0.3, 0.4) is 0 Å². The van der Waals surface area contributed by atoms with Crippen LogP contribution in [0, 0.1) is 5.41 Å². The molecule has 280 valence electrons. The summed E-state index contributed by atoms with van der Waals surface area (Å²) in [5.41, 5.74) is -0.731. The van der Waals surface area contributed by atoms with Crippen molar-refractivity contribution in [3.05, 3.63) is 38.0 Å². The second-order valence-electron chi connectivity index (χ2n) is 11.7.